The topological polar surface area (TPSA) is 29.3 Å². The van der Waals surface area contributed by atoms with Crippen molar-refractivity contribution in [3.8, 4) is 0 Å². The summed E-state index contributed by atoms with van der Waals surface area (Å²) < 4.78 is 0. The maximum absolute atomic E-state index is 5.83. The van der Waals surface area contributed by atoms with Crippen LogP contribution in [0.2, 0.25) is 0 Å². The van der Waals surface area contributed by atoms with Crippen LogP contribution in [-0.4, -0.2) is 30.1 Å². The number of nitrogens with zero attached hydrogens (tertiary/aromatic N) is 1. The predicted octanol–water partition coefficient (Wildman–Crippen LogP) is 3.16. The van der Waals surface area contributed by atoms with Gasteiger partial charge in [-0.15, -0.1) is 0 Å². The predicted molar refractivity (Wildman–Crippen MR) is 74.1 cm³/mol. The Kier molecular flexibility index (Phi) is 5.30. The van der Waals surface area contributed by atoms with Gasteiger partial charge < -0.3 is 5.73 Å². The molecule has 0 atom stereocenters. The SMILES string of the molecule is CC1CCC(N(CCN)C2CCCCC2)CC1. The van der Waals surface area contributed by atoms with Crippen LogP contribution >= 0.6 is 0 Å². The minimum absolute atomic E-state index is 0.836. The normalized spacial score (nSPS) is 31.9. The zero-order valence-electron chi connectivity index (χ0n) is 11.5. The summed E-state index contributed by atoms with van der Waals surface area (Å²) in [7, 11) is 0. The van der Waals surface area contributed by atoms with E-state index in [9.17, 15) is 0 Å². The quantitative estimate of drug-likeness (QED) is 0.815. The van der Waals surface area contributed by atoms with E-state index < -0.39 is 0 Å². The van der Waals surface area contributed by atoms with E-state index in [1.54, 1.807) is 0 Å². The molecule has 2 aliphatic rings. The van der Waals surface area contributed by atoms with Gasteiger partial charge in [0, 0.05) is 25.2 Å². The van der Waals surface area contributed by atoms with Gasteiger partial charge in [0.1, 0.15) is 0 Å². The van der Waals surface area contributed by atoms with E-state index in [-0.39, 0.29) is 0 Å². The molecule has 17 heavy (non-hydrogen) atoms. The molecule has 100 valence electrons. The second-order valence-corrected chi connectivity index (χ2v) is 6.23. The van der Waals surface area contributed by atoms with Gasteiger partial charge in [0.15, 0.2) is 0 Å². The molecule has 0 aromatic rings. The first-order chi connectivity index (χ1) is 8.31. The van der Waals surface area contributed by atoms with Gasteiger partial charge in [-0.1, -0.05) is 26.2 Å². The molecule has 2 heteroatoms. The molecule has 2 aliphatic carbocycles. The maximum atomic E-state index is 5.83. The third-order valence-electron chi connectivity index (χ3n) is 4.89. The lowest BCUT2D eigenvalue weighted by molar-refractivity contribution is 0.0755. The Morgan fingerprint density at radius 2 is 1.47 bits per heavy atom. The highest BCUT2D eigenvalue weighted by molar-refractivity contribution is 4.85. The zero-order valence-corrected chi connectivity index (χ0v) is 11.5. The Morgan fingerprint density at radius 3 is 2.06 bits per heavy atom. The van der Waals surface area contributed by atoms with Crippen molar-refractivity contribution < 1.29 is 0 Å². The smallest absolute Gasteiger partial charge is 0.0110 e. The molecule has 0 unspecified atom stereocenters. The average Bonchev–Trinajstić information content (AvgIpc) is 2.38. The summed E-state index contributed by atoms with van der Waals surface area (Å²) in [6.45, 7) is 4.37. The summed E-state index contributed by atoms with van der Waals surface area (Å²) in [6.07, 6.45) is 12.9. The van der Waals surface area contributed by atoms with Gasteiger partial charge in [-0.3, -0.25) is 4.90 Å². The number of hydrogen-bond donors (Lipinski definition) is 1. The van der Waals surface area contributed by atoms with E-state index in [0.717, 1.165) is 31.1 Å². The molecule has 2 N–H and O–H groups in total. The lowest BCUT2D eigenvalue weighted by Gasteiger charge is -2.42. The van der Waals surface area contributed by atoms with Crippen LogP contribution in [0.4, 0.5) is 0 Å². The molecule has 0 aromatic heterocycles. The van der Waals surface area contributed by atoms with Crippen molar-refractivity contribution in [1.82, 2.24) is 4.90 Å². The van der Waals surface area contributed by atoms with Crippen molar-refractivity contribution >= 4 is 0 Å². The van der Waals surface area contributed by atoms with E-state index in [1.807, 2.05) is 0 Å². The first kappa shape index (κ1) is 13.4. The number of nitrogens with two attached hydrogens (primary N) is 1. The third kappa shape index (κ3) is 3.69. The highest BCUT2D eigenvalue weighted by atomic mass is 15.2. The van der Waals surface area contributed by atoms with Crippen LogP contribution in [0.5, 0.6) is 0 Å². The van der Waals surface area contributed by atoms with E-state index in [0.29, 0.717) is 0 Å². The van der Waals surface area contributed by atoms with Gasteiger partial charge in [0.05, 0.1) is 0 Å². The largest absolute Gasteiger partial charge is 0.329 e. The minimum Gasteiger partial charge on any atom is -0.329 e. The van der Waals surface area contributed by atoms with E-state index in [4.69, 9.17) is 5.73 Å². The van der Waals surface area contributed by atoms with Crippen molar-refractivity contribution in [1.29, 1.82) is 0 Å². The van der Waals surface area contributed by atoms with Crippen LogP contribution in [-0.2, 0) is 0 Å². The molecule has 2 saturated carbocycles. The fourth-order valence-electron chi connectivity index (χ4n) is 3.80. The number of rotatable bonds is 4. The Bertz CT molecular complexity index is 203. The highest BCUT2D eigenvalue weighted by Crippen LogP contribution is 2.31. The van der Waals surface area contributed by atoms with Crippen LogP contribution in [0.3, 0.4) is 0 Å². The summed E-state index contributed by atoms with van der Waals surface area (Å²) in [5.41, 5.74) is 5.83. The first-order valence-corrected chi connectivity index (χ1v) is 7.77. The van der Waals surface area contributed by atoms with Crippen LogP contribution in [0, 0.1) is 5.92 Å². The Morgan fingerprint density at radius 1 is 0.882 bits per heavy atom. The first-order valence-electron chi connectivity index (χ1n) is 7.77. The maximum Gasteiger partial charge on any atom is 0.0110 e. The standard InChI is InChI=1S/C15H30N2/c1-13-7-9-15(10-8-13)17(12-11-16)14-5-3-2-4-6-14/h13-15H,2-12,16H2,1H3. The molecule has 0 aliphatic heterocycles. The van der Waals surface area contributed by atoms with Crippen LogP contribution in [0.1, 0.15) is 64.7 Å². The summed E-state index contributed by atoms with van der Waals surface area (Å²) in [5.74, 6) is 0.956. The summed E-state index contributed by atoms with van der Waals surface area (Å²) >= 11 is 0. The molecule has 2 fully saturated rings. The second kappa shape index (κ2) is 6.75. The lowest BCUT2D eigenvalue weighted by atomic mass is 9.84. The Labute approximate surface area is 107 Å². The van der Waals surface area contributed by atoms with Gasteiger partial charge in [-0.2, -0.15) is 0 Å². The monoisotopic (exact) mass is 238 g/mol. The molecular formula is C15H30N2. The molecule has 2 rings (SSSR count). The molecule has 0 radical (unpaired) electrons. The molecule has 0 amide bonds. The second-order valence-electron chi connectivity index (χ2n) is 6.23. The van der Waals surface area contributed by atoms with Crippen molar-refractivity contribution in [2.45, 2.75) is 76.8 Å². The molecule has 0 bridgehead atoms. The van der Waals surface area contributed by atoms with Crippen molar-refractivity contribution in [3.63, 3.8) is 0 Å². The highest BCUT2D eigenvalue weighted by Gasteiger charge is 2.29. The van der Waals surface area contributed by atoms with Gasteiger partial charge >= 0.3 is 0 Å². The molecule has 0 aromatic carbocycles. The van der Waals surface area contributed by atoms with Crippen LogP contribution in [0.15, 0.2) is 0 Å². The van der Waals surface area contributed by atoms with E-state index in [1.165, 1.54) is 57.8 Å². The van der Waals surface area contributed by atoms with Crippen molar-refractivity contribution in [3.05, 3.63) is 0 Å². The fourth-order valence-corrected chi connectivity index (χ4v) is 3.80. The number of hydrogen-bond acceptors (Lipinski definition) is 2. The Balaban J connectivity index is 1.90. The molecule has 0 spiro atoms. The molecule has 2 nitrogen and oxygen atoms in total. The molecular weight excluding hydrogens is 208 g/mol. The van der Waals surface area contributed by atoms with Crippen LogP contribution < -0.4 is 5.73 Å². The van der Waals surface area contributed by atoms with E-state index in [2.05, 4.69) is 11.8 Å². The summed E-state index contributed by atoms with van der Waals surface area (Å²) in [5, 5.41) is 0. The van der Waals surface area contributed by atoms with Gasteiger partial charge in [0.25, 0.3) is 0 Å². The molecule has 0 saturated heterocycles. The zero-order chi connectivity index (χ0) is 12.1. The average molecular weight is 238 g/mol. The lowest BCUT2D eigenvalue weighted by Crippen LogP contribution is -2.47. The summed E-state index contributed by atoms with van der Waals surface area (Å²) in [4.78, 5) is 2.78. The van der Waals surface area contributed by atoms with Gasteiger partial charge in [-0.25, -0.2) is 0 Å². The Hall–Kier alpha value is -0.0800. The minimum atomic E-state index is 0.836. The van der Waals surface area contributed by atoms with Gasteiger partial charge in [-0.05, 0) is 44.4 Å². The van der Waals surface area contributed by atoms with Gasteiger partial charge in [0.2, 0.25) is 0 Å². The van der Waals surface area contributed by atoms with Crippen LogP contribution in [0.25, 0.3) is 0 Å². The van der Waals surface area contributed by atoms with Crippen molar-refractivity contribution in [2.75, 3.05) is 13.1 Å². The summed E-state index contributed by atoms with van der Waals surface area (Å²) in [6, 6.07) is 1.70. The fraction of sp³-hybridized carbons (Fsp3) is 1.00. The van der Waals surface area contributed by atoms with E-state index >= 15 is 0 Å². The molecule has 0 heterocycles. The third-order valence-corrected chi connectivity index (χ3v) is 4.89. The van der Waals surface area contributed by atoms with Crippen molar-refractivity contribution in [2.24, 2.45) is 11.7 Å².